The van der Waals surface area contributed by atoms with Crippen LogP contribution in [0.2, 0.25) is 14.6 Å². The third-order valence-corrected chi connectivity index (χ3v) is 3.91. The summed E-state index contributed by atoms with van der Waals surface area (Å²) in [6.07, 6.45) is 0.711. The van der Waals surface area contributed by atoms with Crippen molar-refractivity contribution in [1.29, 1.82) is 0 Å². The number of nitrogens with zero attached hydrogens (tertiary/aromatic N) is 2. The molecule has 0 radical (unpaired) electrons. The summed E-state index contributed by atoms with van der Waals surface area (Å²) in [4.78, 5) is 9.28. The fourth-order valence-corrected chi connectivity index (χ4v) is 2.90. The standard InChI is InChI=1S/C10H7Cl3N2S/c1-2-5-8(12)14-10(15-9(5)13)6-3-4-7(11)16-6/h3-4H,2H2,1H3. The van der Waals surface area contributed by atoms with Gasteiger partial charge in [-0.2, -0.15) is 0 Å². The van der Waals surface area contributed by atoms with Crippen molar-refractivity contribution in [3.8, 4) is 10.7 Å². The van der Waals surface area contributed by atoms with E-state index in [0.29, 0.717) is 26.9 Å². The summed E-state index contributed by atoms with van der Waals surface area (Å²) in [5.74, 6) is 0.518. The quantitative estimate of drug-likeness (QED) is 0.748. The molecule has 84 valence electrons. The number of rotatable bonds is 2. The summed E-state index contributed by atoms with van der Waals surface area (Å²) >= 11 is 19.3. The second kappa shape index (κ2) is 4.88. The van der Waals surface area contributed by atoms with Crippen LogP contribution in [0.3, 0.4) is 0 Å². The van der Waals surface area contributed by atoms with Gasteiger partial charge in [-0.15, -0.1) is 11.3 Å². The van der Waals surface area contributed by atoms with E-state index in [2.05, 4.69) is 9.97 Å². The van der Waals surface area contributed by atoms with E-state index in [1.807, 2.05) is 13.0 Å². The number of halogens is 3. The summed E-state index contributed by atoms with van der Waals surface area (Å²) < 4.78 is 0.686. The van der Waals surface area contributed by atoms with Gasteiger partial charge in [-0.1, -0.05) is 41.7 Å². The number of hydrogen-bond donors (Lipinski definition) is 0. The molecule has 0 aliphatic carbocycles. The first-order chi connectivity index (χ1) is 7.61. The number of aromatic nitrogens is 2. The van der Waals surface area contributed by atoms with Crippen molar-refractivity contribution in [3.05, 3.63) is 32.3 Å². The third-order valence-electron chi connectivity index (χ3n) is 2.05. The minimum absolute atomic E-state index is 0.405. The van der Waals surface area contributed by atoms with Gasteiger partial charge in [0.1, 0.15) is 10.3 Å². The first-order valence-electron chi connectivity index (χ1n) is 4.59. The van der Waals surface area contributed by atoms with Crippen molar-refractivity contribution in [2.75, 3.05) is 0 Å². The molecular formula is C10H7Cl3N2S. The molecule has 0 saturated carbocycles. The molecule has 0 aliphatic heterocycles. The summed E-state index contributed by atoms with van der Waals surface area (Å²) in [5.41, 5.74) is 0.773. The van der Waals surface area contributed by atoms with E-state index < -0.39 is 0 Å². The Balaban J connectivity index is 2.52. The molecule has 2 rings (SSSR count). The topological polar surface area (TPSA) is 25.8 Å². The highest BCUT2D eigenvalue weighted by atomic mass is 35.5. The van der Waals surface area contributed by atoms with Gasteiger partial charge in [-0.25, -0.2) is 9.97 Å². The van der Waals surface area contributed by atoms with E-state index in [1.54, 1.807) is 6.07 Å². The molecule has 2 heterocycles. The molecule has 2 aromatic heterocycles. The monoisotopic (exact) mass is 292 g/mol. The molecule has 0 spiro atoms. The van der Waals surface area contributed by atoms with E-state index in [9.17, 15) is 0 Å². The van der Waals surface area contributed by atoms with Crippen LogP contribution in [-0.4, -0.2) is 9.97 Å². The lowest BCUT2D eigenvalue weighted by Gasteiger charge is -2.04. The molecule has 0 bridgehead atoms. The Morgan fingerprint density at radius 2 is 1.75 bits per heavy atom. The van der Waals surface area contributed by atoms with Crippen molar-refractivity contribution in [2.45, 2.75) is 13.3 Å². The largest absolute Gasteiger partial charge is 0.215 e. The van der Waals surface area contributed by atoms with Crippen LogP contribution in [0.25, 0.3) is 10.7 Å². The zero-order valence-electron chi connectivity index (χ0n) is 8.30. The van der Waals surface area contributed by atoms with Gasteiger partial charge in [-0.3, -0.25) is 0 Å². The first kappa shape index (κ1) is 12.1. The molecule has 0 N–H and O–H groups in total. The SMILES string of the molecule is CCc1c(Cl)nc(-c2ccc(Cl)s2)nc1Cl. The summed E-state index contributed by atoms with van der Waals surface area (Å²) in [7, 11) is 0. The van der Waals surface area contributed by atoms with E-state index >= 15 is 0 Å². The van der Waals surface area contributed by atoms with Gasteiger partial charge < -0.3 is 0 Å². The van der Waals surface area contributed by atoms with Crippen LogP contribution in [0.4, 0.5) is 0 Å². The molecule has 0 unspecified atom stereocenters. The van der Waals surface area contributed by atoms with Crippen LogP contribution in [0.1, 0.15) is 12.5 Å². The van der Waals surface area contributed by atoms with Crippen LogP contribution in [-0.2, 0) is 6.42 Å². The van der Waals surface area contributed by atoms with Gasteiger partial charge >= 0.3 is 0 Å². The molecule has 6 heteroatoms. The van der Waals surface area contributed by atoms with Gasteiger partial charge in [0, 0.05) is 5.56 Å². The highest BCUT2D eigenvalue weighted by Crippen LogP contribution is 2.31. The van der Waals surface area contributed by atoms with E-state index in [1.165, 1.54) is 11.3 Å². The lowest BCUT2D eigenvalue weighted by molar-refractivity contribution is 1.05. The van der Waals surface area contributed by atoms with Crippen LogP contribution in [0, 0.1) is 0 Å². The van der Waals surface area contributed by atoms with Gasteiger partial charge in [-0.05, 0) is 18.6 Å². The van der Waals surface area contributed by atoms with Gasteiger partial charge in [0.05, 0.1) is 9.21 Å². The normalized spacial score (nSPS) is 10.8. The number of thiophene rings is 1. The zero-order chi connectivity index (χ0) is 11.7. The molecule has 0 amide bonds. The molecule has 0 aromatic carbocycles. The molecule has 2 nitrogen and oxygen atoms in total. The molecule has 0 saturated heterocycles. The highest BCUT2D eigenvalue weighted by Gasteiger charge is 2.12. The van der Waals surface area contributed by atoms with Crippen LogP contribution in [0.5, 0.6) is 0 Å². The lowest BCUT2D eigenvalue weighted by atomic mass is 10.2. The fraction of sp³-hybridized carbons (Fsp3) is 0.200. The van der Waals surface area contributed by atoms with Crippen LogP contribution in [0.15, 0.2) is 12.1 Å². The predicted molar refractivity (Wildman–Crippen MR) is 69.8 cm³/mol. The van der Waals surface area contributed by atoms with E-state index in [-0.39, 0.29) is 0 Å². The Kier molecular flexibility index (Phi) is 3.70. The zero-order valence-corrected chi connectivity index (χ0v) is 11.4. The summed E-state index contributed by atoms with van der Waals surface area (Å²) in [6.45, 7) is 1.96. The lowest BCUT2D eigenvalue weighted by Crippen LogP contribution is -1.95. The van der Waals surface area contributed by atoms with Crippen LogP contribution >= 0.6 is 46.1 Å². The van der Waals surface area contributed by atoms with Crippen molar-refractivity contribution in [3.63, 3.8) is 0 Å². The van der Waals surface area contributed by atoms with Crippen LogP contribution < -0.4 is 0 Å². The van der Waals surface area contributed by atoms with E-state index in [4.69, 9.17) is 34.8 Å². The minimum atomic E-state index is 0.405. The highest BCUT2D eigenvalue weighted by molar-refractivity contribution is 7.19. The van der Waals surface area contributed by atoms with Crippen molar-refractivity contribution >= 4 is 46.1 Å². The van der Waals surface area contributed by atoms with Gasteiger partial charge in [0.2, 0.25) is 0 Å². The second-order valence-electron chi connectivity index (χ2n) is 3.06. The minimum Gasteiger partial charge on any atom is -0.215 e. The Morgan fingerprint density at radius 3 is 2.19 bits per heavy atom. The third kappa shape index (κ3) is 2.33. The van der Waals surface area contributed by atoms with Gasteiger partial charge in [0.25, 0.3) is 0 Å². The molecule has 16 heavy (non-hydrogen) atoms. The molecular weight excluding hydrogens is 287 g/mol. The summed E-state index contributed by atoms with van der Waals surface area (Å²) in [6, 6.07) is 3.64. The number of hydrogen-bond acceptors (Lipinski definition) is 3. The Hall–Kier alpha value is -0.350. The van der Waals surface area contributed by atoms with Crippen molar-refractivity contribution < 1.29 is 0 Å². The first-order valence-corrected chi connectivity index (χ1v) is 6.54. The maximum absolute atomic E-state index is 6.03. The average molecular weight is 294 g/mol. The van der Waals surface area contributed by atoms with E-state index in [0.717, 1.165) is 10.4 Å². The van der Waals surface area contributed by atoms with Crippen molar-refractivity contribution in [1.82, 2.24) is 9.97 Å². The smallest absolute Gasteiger partial charge is 0.172 e. The fourth-order valence-electron chi connectivity index (χ4n) is 1.27. The maximum Gasteiger partial charge on any atom is 0.172 e. The molecule has 0 atom stereocenters. The van der Waals surface area contributed by atoms with Gasteiger partial charge in [0.15, 0.2) is 5.82 Å². The Bertz CT molecular complexity index is 502. The molecule has 0 aliphatic rings. The Labute approximate surface area is 112 Å². The summed E-state index contributed by atoms with van der Waals surface area (Å²) in [5, 5.41) is 0.809. The predicted octanol–water partition coefficient (Wildman–Crippen LogP) is 4.73. The average Bonchev–Trinajstić information content (AvgIpc) is 2.64. The molecule has 2 aromatic rings. The van der Waals surface area contributed by atoms with Crippen molar-refractivity contribution in [2.24, 2.45) is 0 Å². The second-order valence-corrected chi connectivity index (χ2v) is 5.50. The Morgan fingerprint density at radius 1 is 1.12 bits per heavy atom. The maximum atomic E-state index is 6.03. The molecule has 0 fully saturated rings.